The van der Waals surface area contributed by atoms with Crippen LogP contribution >= 0.6 is 11.8 Å². The summed E-state index contributed by atoms with van der Waals surface area (Å²) in [5.74, 6) is 1.24. The fourth-order valence-electron chi connectivity index (χ4n) is 1.14. The number of benzene rings is 1. The van der Waals surface area contributed by atoms with Gasteiger partial charge in [0.05, 0.1) is 0 Å². The van der Waals surface area contributed by atoms with Crippen molar-refractivity contribution in [3.63, 3.8) is 0 Å². The third-order valence-electron chi connectivity index (χ3n) is 1.89. The molecule has 2 aromatic rings. The van der Waals surface area contributed by atoms with Gasteiger partial charge in [-0.1, -0.05) is 11.8 Å². The Kier molecular flexibility index (Phi) is 3.26. The molecule has 4 nitrogen and oxygen atoms in total. The summed E-state index contributed by atoms with van der Waals surface area (Å²) in [6, 6.07) is 8.89. The van der Waals surface area contributed by atoms with Gasteiger partial charge < -0.3 is 10.5 Å². The first-order valence-electron chi connectivity index (χ1n) is 4.68. The van der Waals surface area contributed by atoms with E-state index in [0.717, 1.165) is 0 Å². The first kappa shape index (κ1) is 10.8. The van der Waals surface area contributed by atoms with Crippen LogP contribution in [0.5, 0.6) is 11.6 Å². The van der Waals surface area contributed by atoms with E-state index in [1.807, 2.05) is 6.26 Å². The van der Waals surface area contributed by atoms with Crippen LogP contribution in [0.15, 0.2) is 41.7 Å². The molecule has 0 spiro atoms. The Morgan fingerprint density at radius 2 is 1.94 bits per heavy atom. The summed E-state index contributed by atoms with van der Waals surface area (Å²) in [5.41, 5.74) is 6.29. The number of aromatic nitrogens is 2. The predicted molar refractivity (Wildman–Crippen MR) is 64.7 cm³/mol. The number of hydrogen-bond donors (Lipinski definition) is 1. The normalized spacial score (nSPS) is 10.1. The van der Waals surface area contributed by atoms with E-state index in [4.69, 9.17) is 10.5 Å². The molecular weight excluding hydrogens is 222 g/mol. The van der Waals surface area contributed by atoms with Gasteiger partial charge in [0.15, 0.2) is 5.16 Å². The Morgan fingerprint density at radius 1 is 1.19 bits per heavy atom. The first-order valence-corrected chi connectivity index (χ1v) is 5.91. The summed E-state index contributed by atoms with van der Waals surface area (Å²) < 4.78 is 5.56. The number of ether oxygens (including phenoxy) is 1. The van der Waals surface area contributed by atoms with Crippen molar-refractivity contribution >= 4 is 17.4 Å². The van der Waals surface area contributed by atoms with Gasteiger partial charge in [0.1, 0.15) is 5.75 Å². The smallest absolute Gasteiger partial charge is 0.223 e. The molecule has 0 aliphatic carbocycles. The van der Waals surface area contributed by atoms with Crippen LogP contribution in [0.2, 0.25) is 0 Å². The molecular formula is C11H11N3OS. The Balaban J connectivity index is 2.16. The quantitative estimate of drug-likeness (QED) is 0.501. The Hall–Kier alpha value is -1.75. The number of nitrogen functional groups attached to an aromatic ring is 1. The lowest BCUT2D eigenvalue weighted by atomic mass is 10.3. The minimum Gasteiger partial charge on any atom is -0.439 e. The van der Waals surface area contributed by atoms with E-state index in [1.165, 1.54) is 11.8 Å². The van der Waals surface area contributed by atoms with E-state index in [0.29, 0.717) is 22.5 Å². The van der Waals surface area contributed by atoms with Gasteiger partial charge in [-0.25, -0.2) is 4.98 Å². The summed E-state index contributed by atoms with van der Waals surface area (Å²) in [6.07, 6.45) is 3.59. The fraction of sp³-hybridized carbons (Fsp3) is 0.0909. The molecule has 0 aliphatic rings. The van der Waals surface area contributed by atoms with Crippen molar-refractivity contribution in [2.75, 3.05) is 12.0 Å². The standard InChI is InChI=1S/C11H11N3OS/c1-16-11-13-7-6-10(14-11)15-9-4-2-8(12)3-5-9/h2-7H,12H2,1H3. The summed E-state index contributed by atoms with van der Waals surface area (Å²) in [6.45, 7) is 0. The highest BCUT2D eigenvalue weighted by Crippen LogP contribution is 2.21. The highest BCUT2D eigenvalue weighted by Gasteiger charge is 2.00. The van der Waals surface area contributed by atoms with Gasteiger partial charge >= 0.3 is 0 Å². The van der Waals surface area contributed by atoms with Crippen LogP contribution in [-0.2, 0) is 0 Å². The second kappa shape index (κ2) is 4.85. The van der Waals surface area contributed by atoms with Crippen molar-refractivity contribution in [2.45, 2.75) is 5.16 Å². The predicted octanol–water partition coefficient (Wildman–Crippen LogP) is 2.57. The zero-order valence-corrected chi connectivity index (χ0v) is 9.57. The van der Waals surface area contributed by atoms with Gasteiger partial charge in [-0.15, -0.1) is 0 Å². The Bertz CT molecular complexity index is 473. The van der Waals surface area contributed by atoms with Crippen LogP contribution in [0.25, 0.3) is 0 Å². The maximum Gasteiger partial charge on any atom is 0.223 e. The lowest BCUT2D eigenvalue weighted by Crippen LogP contribution is -1.91. The van der Waals surface area contributed by atoms with Crippen molar-refractivity contribution in [1.82, 2.24) is 9.97 Å². The summed E-state index contributed by atoms with van der Waals surface area (Å²) >= 11 is 1.47. The van der Waals surface area contributed by atoms with E-state index >= 15 is 0 Å². The molecule has 2 rings (SSSR count). The molecule has 0 atom stereocenters. The van der Waals surface area contributed by atoms with Crippen LogP contribution in [0.3, 0.4) is 0 Å². The second-order valence-electron chi connectivity index (χ2n) is 3.05. The summed E-state index contributed by atoms with van der Waals surface area (Å²) in [5, 5.41) is 0.688. The van der Waals surface area contributed by atoms with Crippen molar-refractivity contribution in [2.24, 2.45) is 0 Å². The van der Waals surface area contributed by atoms with Gasteiger partial charge in [-0.2, -0.15) is 4.98 Å². The molecule has 0 fully saturated rings. The molecule has 2 N–H and O–H groups in total. The molecule has 0 saturated heterocycles. The van der Waals surface area contributed by atoms with Gasteiger partial charge in [-0.3, -0.25) is 0 Å². The zero-order valence-electron chi connectivity index (χ0n) is 8.75. The van der Waals surface area contributed by atoms with Gasteiger partial charge in [-0.05, 0) is 30.5 Å². The minimum absolute atomic E-state index is 0.532. The van der Waals surface area contributed by atoms with E-state index in [1.54, 1.807) is 36.5 Å². The molecule has 0 amide bonds. The van der Waals surface area contributed by atoms with E-state index in [2.05, 4.69) is 9.97 Å². The molecule has 16 heavy (non-hydrogen) atoms. The third-order valence-corrected chi connectivity index (χ3v) is 2.45. The molecule has 0 saturated carbocycles. The topological polar surface area (TPSA) is 61.0 Å². The highest BCUT2D eigenvalue weighted by atomic mass is 32.2. The molecule has 0 radical (unpaired) electrons. The Morgan fingerprint density at radius 3 is 2.62 bits per heavy atom. The molecule has 1 aromatic carbocycles. The van der Waals surface area contributed by atoms with Crippen molar-refractivity contribution in [3.8, 4) is 11.6 Å². The summed E-state index contributed by atoms with van der Waals surface area (Å²) in [7, 11) is 0. The number of thioether (sulfide) groups is 1. The van der Waals surface area contributed by atoms with E-state index < -0.39 is 0 Å². The molecule has 82 valence electrons. The monoisotopic (exact) mass is 233 g/mol. The van der Waals surface area contributed by atoms with Gasteiger partial charge in [0, 0.05) is 18.0 Å². The number of nitrogens with two attached hydrogens (primary N) is 1. The highest BCUT2D eigenvalue weighted by molar-refractivity contribution is 7.98. The van der Waals surface area contributed by atoms with Gasteiger partial charge in [0.25, 0.3) is 0 Å². The molecule has 1 aromatic heterocycles. The van der Waals surface area contributed by atoms with Crippen LogP contribution in [0.1, 0.15) is 0 Å². The summed E-state index contributed by atoms with van der Waals surface area (Å²) in [4.78, 5) is 8.27. The zero-order chi connectivity index (χ0) is 11.4. The Labute approximate surface area is 97.9 Å². The average Bonchev–Trinajstić information content (AvgIpc) is 2.32. The number of rotatable bonds is 3. The largest absolute Gasteiger partial charge is 0.439 e. The van der Waals surface area contributed by atoms with Crippen molar-refractivity contribution in [1.29, 1.82) is 0 Å². The average molecular weight is 233 g/mol. The van der Waals surface area contributed by atoms with Crippen LogP contribution in [-0.4, -0.2) is 16.2 Å². The maximum absolute atomic E-state index is 5.58. The first-order chi connectivity index (χ1) is 7.78. The van der Waals surface area contributed by atoms with E-state index in [9.17, 15) is 0 Å². The molecule has 1 heterocycles. The SMILES string of the molecule is CSc1nccc(Oc2ccc(N)cc2)n1. The number of hydrogen-bond acceptors (Lipinski definition) is 5. The molecule has 5 heteroatoms. The van der Waals surface area contributed by atoms with E-state index in [-0.39, 0.29) is 0 Å². The third kappa shape index (κ3) is 2.64. The van der Waals surface area contributed by atoms with Crippen LogP contribution in [0.4, 0.5) is 5.69 Å². The number of anilines is 1. The van der Waals surface area contributed by atoms with Crippen molar-refractivity contribution < 1.29 is 4.74 Å². The minimum atomic E-state index is 0.532. The maximum atomic E-state index is 5.58. The van der Waals surface area contributed by atoms with Crippen molar-refractivity contribution in [3.05, 3.63) is 36.5 Å². The van der Waals surface area contributed by atoms with Crippen LogP contribution in [0, 0.1) is 0 Å². The lowest BCUT2D eigenvalue weighted by Gasteiger charge is -2.05. The second-order valence-corrected chi connectivity index (χ2v) is 3.83. The number of nitrogens with zero attached hydrogens (tertiary/aromatic N) is 2. The van der Waals surface area contributed by atoms with Gasteiger partial charge in [0.2, 0.25) is 5.88 Å². The lowest BCUT2D eigenvalue weighted by molar-refractivity contribution is 0.455. The molecule has 0 bridgehead atoms. The molecule has 0 unspecified atom stereocenters. The van der Waals surface area contributed by atoms with Crippen LogP contribution < -0.4 is 10.5 Å². The molecule has 0 aliphatic heterocycles. The fourth-order valence-corrected chi connectivity index (χ4v) is 1.48.